The molecule has 0 spiro atoms. The highest BCUT2D eigenvalue weighted by Crippen LogP contribution is 2.47. The molecule has 2 aromatic carbocycles. The van der Waals surface area contributed by atoms with Gasteiger partial charge in [0, 0.05) is 22.8 Å². The Morgan fingerprint density at radius 2 is 1.56 bits per heavy atom. The van der Waals surface area contributed by atoms with E-state index in [1.54, 1.807) is 6.07 Å². The molecule has 0 aromatic heterocycles. The van der Waals surface area contributed by atoms with Crippen molar-refractivity contribution in [1.29, 1.82) is 0 Å². The quantitative estimate of drug-likeness (QED) is 0.234. The van der Waals surface area contributed by atoms with Crippen LogP contribution in [0, 0.1) is 0 Å². The van der Waals surface area contributed by atoms with E-state index in [2.05, 4.69) is 19.9 Å². The number of rotatable bonds is 8. The maximum Gasteiger partial charge on any atom is 0.174 e. The predicted octanol–water partition coefficient (Wildman–Crippen LogP) is 6.96. The van der Waals surface area contributed by atoms with E-state index in [0.717, 1.165) is 24.0 Å². The van der Waals surface area contributed by atoms with Gasteiger partial charge in [0.15, 0.2) is 17.3 Å². The molecule has 36 heavy (non-hydrogen) atoms. The second kappa shape index (κ2) is 11.4. The summed E-state index contributed by atoms with van der Waals surface area (Å²) < 4.78 is 6.26. The van der Waals surface area contributed by atoms with Crippen LogP contribution in [-0.2, 0) is 12.8 Å². The van der Waals surface area contributed by atoms with Gasteiger partial charge in [-0.05, 0) is 66.4 Å². The molecule has 6 nitrogen and oxygen atoms in total. The number of fused-ring (bicyclic) bond motifs is 1. The monoisotopic (exact) mass is 492 g/mol. The third kappa shape index (κ3) is 6.11. The van der Waals surface area contributed by atoms with Crippen LogP contribution in [0.2, 0.25) is 0 Å². The Labute approximate surface area is 212 Å². The zero-order valence-electron chi connectivity index (χ0n) is 21.7. The van der Waals surface area contributed by atoms with Gasteiger partial charge in [0.25, 0.3) is 0 Å². The minimum atomic E-state index is -0.752. The molecule has 2 aromatic rings. The number of carbonyl (C=O) groups excluding carboxylic acids is 1. The number of Topliss-reactive ketones (excluding diaryl/α,β-unsaturated/α-hetero) is 1. The molecule has 1 unspecified atom stereocenters. The SMILES string of the molecule is CC(C)=CCCC(C)=CCc1c(C2CC(=O)c3c(O)cc(O)c(CC=C(C)C)c3O2)ccc(O)c1O. The van der Waals surface area contributed by atoms with E-state index in [-0.39, 0.29) is 46.5 Å². The summed E-state index contributed by atoms with van der Waals surface area (Å²) in [4.78, 5) is 13.1. The zero-order chi connectivity index (χ0) is 26.6. The molecule has 0 amide bonds. The Balaban J connectivity index is 2.00. The highest BCUT2D eigenvalue weighted by molar-refractivity contribution is 6.03. The van der Waals surface area contributed by atoms with Gasteiger partial charge in [-0.3, -0.25) is 4.79 Å². The summed E-state index contributed by atoms with van der Waals surface area (Å²) in [7, 11) is 0. The Kier molecular flexibility index (Phi) is 8.51. The van der Waals surface area contributed by atoms with Crippen LogP contribution in [-0.4, -0.2) is 26.2 Å². The third-order valence-electron chi connectivity index (χ3n) is 6.35. The number of phenols is 4. The summed E-state index contributed by atoms with van der Waals surface area (Å²) in [6, 6.07) is 4.21. The van der Waals surface area contributed by atoms with Gasteiger partial charge >= 0.3 is 0 Å². The number of aromatic hydroxyl groups is 4. The first-order valence-electron chi connectivity index (χ1n) is 12.2. The molecule has 1 atom stereocenters. The molecule has 0 saturated heterocycles. The largest absolute Gasteiger partial charge is 0.507 e. The van der Waals surface area contributed by atoms with Gasteiger partial charge in [-0.1, -0.05) is 41.0 Å². The second-order valence-corrected chi connectivity index (χ2v) is 9.89. The van der Waals surface area contributed by atoms with E-state index >= 15 is 0 Å². The standard InChI is InChI=1S/C30H36O6/c1-17(2)7-6-8-19(5)10-12-21-20(13-14-23(31)29(21)35)27-16-26(34)28-25(33)15-24(32)22(30(28)36-27)11-9-18(3)4/h7,9-10,13-15,27,31-33,35H,6,8,11-12,16H2,1-5H3. The number of ether oxygens (including phenoxy) is 1. The summed E-state index contributed by atoms with van der Waals surface area (Å²) in [6.45, 7) is 10.0. The molecule has 4 N–H and O–H groups in total. The summed E-state index contributed by atoms with van der Waals surface area (Å²) >= 11 is 0. The number of benzene rings is 2. The fourth-order valence-electron chi connectivity index (χ4n) is 4.33. The Morgan fingerprint density at radius 1 is 0.889 bits per heavy atom. The van der Waals surface area contributed by atoms with Gasteiger partial charge in [0.1, 0.15) is 28.9 Å². The van der Waals surface area contributed by atoms with Crippen molar-refractivity contribution < 1.29 is 30.0 Å². The van der Waals surface area contributed by atoms with Crippen molar-refractivity contribution >= 4 is 5.78 Å². The van der Waals surface area contributed by atoms with Crippen molar-refractivity contribution in [3.8, 4) is 28.7 Å². The lowest BCUT2D eigenvalue weighted by atomic mass is 9.89. The van der Waals surface area contributed by atoms with Gasteiger partial charge in [-0.15, -0.1) is 0 Å². The van der Waals surface area contributed by atoms with Gasteiger partial charge < -0.3 is 25.2 Å². The molecule has 1 aliphatic rings. The van der Waals surface area contributed by atoms with Crippen molar-refractivity contribution in [3.63, 3.8) is 0 Å². The lowest BCUT2D eigenvalue weighted by molar-refractivity contribution is 0.0841. The average molecular weight is 493 g/mol. The lowest BCUT2D eigenvalue weighted by Crippen LogP contribution is -2.22. The Morgan fingerprint density at radius 3 is 2.22 bits per heavy atom. The van der Waals surface area contributed by atoms with E-state index in [9.17, 15) is 25.2 Å². The minimum absolute atomic E-state index is 0.0477. The van der Waals surface area contributed by atoms with Gasteiger partial charge in [-0.25, -0.2) is 0 Å². The van der Waals surface area contributed by atoms with Gasteiger partial charge in [0.05, 0.1) is 6.42 Å². The topological polar surface area (TPSA) is 107 Å². The predicted molar refractivity (Wildman–Crippen MR) is 141 cm³/mol. The number of phenolic OH excluding ortho intramolecular Hbond substituents is 4. The van der Waals surface area contributed by atoms with Crippen LogP contribution >= 0.6 is 0 Å². The normalized spacial score (nSPS) is 15.2. The number of allylic oxidation sites excluding steroid dienone is 6. The summed E-state index contributed by atoms with van der Waals surface area (Å²) in [5, 5.41) is 41.8. The fourth-order valence-corrected chi connectivity index (χ4v) is 4.33. The van der Waals surface area contributed by atoms with Crippen LogP contribution in [0.4, 0.5) is 0 Å². The van der Waals surface area contributed by atoms with Crippen LogP contribution in [0.15, 0.2) is 53.1 Å². The van der Waals surface area contributed by atoms with Gasteiger partial charge in [-0.2, -0.15) is 0 Å². The molecular formula is C30H36O6. The minimum Gasteiger partial charge on any atom is -0.507 e. The Hall–Kier alpha value is -3.67. The van der Waals surface area contributed by atoms with E-state index < -0.39 is 6.10 Å². The lowest BCUT2D eigenvalue weighted by Gasteiger charge is -2.29. The first-order chi connectivity index (χ1) is 17.0. The third-order valence-corrected chi connectivity index (χ3v) is 6.35. The summed E-state index contributed by atoms with van der Waals surface area (Å²) in [5.41, 5.74) is 4.97. The first-order valence-corrected chi connectivity index (χ1v) is 12.2. The summed E-state index contributed by atoms with van der Waals surface area (Å²) in [6.07, 6.45) is 7.76. The molecule has 192 valence electrons. The molecular weight excluding hydrogens is 456 g/mol. The first kappa shape index (κ1) is 26.9. The van der Waals surface area contributed by atoms with E-state index in [1.165, 1.54) is 17.7 Å². The molecule has 0 saturated carbocycles. The highest BCUT2D eigenvalue weighted by Gasteiger charge is 2.35. The molecule has 1 aliphatic heterocycles. The molecule has 0 aliphatic carbocycles. The van der Waals surface area contributed by atoms with Crippen LogP contribution in [0.1, 0.15) is 87.0 Å². The average Bonchev–Trinajstić information content (AvgIpc) is 2.78. The van der Waals surface area contributed by atoms with E-state index in [1.807, 2.05) is 32.9 Å². The van der Waals surface area contributed by atoms with Crippen LogP contribution in [0.5, 0.6) is 28.7 Å². The maximum atomic E-state index is 13.1. The molecule has 0 bridgehead atoms. The van der Waals surface area contributed by atoms with Crippen LogP contribution in [0.25, 0.3) is 0 Å². The second-order valence-electron chi connectivity index (χ2n) is 9.89. The highest BCUT2D eigenvalue weighted by atomic mass is 16.5. The van der Waals surface area contributed by atoms with Crippen molar-refractivity contribution in [2.45, 2.75) is 72.8 Å². The number of carbonyl (C=O) groups is 1. The Bertz CT molecular complexity index is 1240. The van der Waals surface area contributed by atoms with Crippen molar-refractivity contribution in [2.75, 3.05) is 0 Å². The van der Waals surface area contributed by atoms with E-state index in [0.29, 0.717) is 29.5 Å². The van der Waals surface area contributed by atoms with Crippen LogP contribution < -0.4 is 4.74 Å². The smallest absolute Gasteiger partial charge is 0.174 e. The van der Waals surface area contributed by atoms with Crippen LogP contribution in [0.3, 0.4) is 0 Å². The summed E-state index contributed by atoms with van der Waals surface area (Å²) in [5.74, 6) is -1.13. The number of ketones is 1. The van der Waals surface area contributed by atoms with Crippen molar-refractivity contribution in [3.05, 3.63) is 75.4 Å². The number of hydrogen-bond donors (Lipinski definition) is 4. The number of hydrogen-bond acceptors (Lipinski definition) is 6. The molecule has 3 rings (SSSR count). The van der Waals surface area contributed by atoms with Crippen molar-refractivity contribution in [1.82, 2.24) is 0 Å². The molecule has 0 radical (unpaired) electrons. The van der Waals surface area contributed by atoms with E-state index in [4.69, 9.17) is 4.74 Å². The fraction of sp³-hybridized carbons (Fsp3) is 0.367. The molecule has 1 heterocycles. The molecule has 0 fully saturated rings. The van der Waals surface area contributed by atoms with Gasteiger partial charge in [0.2, 0.25) is 0 Å². The maximum absolute atomic E-state index is 13.1. The molecule has 6 heteroatoms. The zero-order valence-corrected chi connectivity index (χ0v) is 21.7. The van der Waals surface area contributed by atoms with Crippen molar-refractivity contribution in [2.24, 2.45) is 0 Å².